The third-order valence-electron chi connectivity index (χ3n) is 6.72. The van der Waals surface area contributed by atoms with Crippen molar-refractivity contribution >= 4 is 51.1 Å². The van der Waals surface area contributed by atoms with Crippen molar-refractivity contribution in [3.63, 3.8) is 0 Å². The molecular weight excluding hydrogens is 401 g/mol. The lowest BCUT2D eigenvalue weighted by atomic mass is 9.46. The molecule has 0 N–H and O–H groups in total. The van der Waals surface area contributed by atoms with Gasteiger partial charge in [-0.1, -0.05) is 96.5 Å². The van der Waals surface area contributed by atoms with Gasteiger partial charge in [-0.05, 0) is 35.3 Å². The summed E-state index contributed by atoms with van der Waals surface area (Å²) in [7, 11) is 0. The van der Waals surface area contributed by atoms with Crippen molar-refractivity contribution in [1.29, 1.82) is 0 Å². The third kappa shape index (κ3) is 2.76. The first kappa shape index (κ1) is 18.3. The second-order valence-electron chi connectivity index (χ2n) is 8.57. The van der Waals surface area contributed by atoms with Crippen LogP contribution in [0.2, 0.25) is 0 Å². The SMILES string of the molecule is c1ccc(B2c3ccccc3-c3ccccc3N2c2ccc3c(c2)oc2ccccc23)cc1. The van der Waals surface area contributed by atoms with Gasteiger partial charge < -0.3 is 9.23 Å². The molecule has 1 aliphatic rings. The Balaban J connectivity index is 1.51. The number of fused-ring (bicyclic) bond motifs is 6. The molecule has 0 radical (unpaired) electrons. The maximum absolute atomic E-state index is 6.26. The van der Waals surface area contributed by atoms with Gasteiger partial charge in [-0.2, -0.15) is 0 Å². The fourth-order valence-electron chi connectivity index (χ4n) is 5.29. The molecule has 0 bridgehead atoms. The Kier molecular flexibility index (Phi) is 3.97. The molecule has 6 aromatic rings. The lowest BCUT2D eigenvalue weighted by Gasteiger charge is -2.38. The van der Waals surface area contributed by atoms with Crippen LogP contribution >= 0.6 is 0 Å². The van der Waals surface area contributed by atoms with Crippen molar-refractivity contribution in [3.8, 4) is 11.1 Å². The molecule has 3 heteroatoms. The topological polar surface area (TPSA) is 16.4 Å². The molecular formula is C30H20BNO. The molecule has 0 amide bonds. The summed E-state index contributed by atoms with van der Waals surface area (Å²) in [6, 6.07) is 43.1. The number of furan rings is 1. The van der Waals surface area contributed by atoms with Crippen LogP contribution in [0.3, 0.4) is 0 Å². The maximum atomic E-state index is 6.26. The van der Waals surface area contributed by atoms with Crippen molar-refractivity contribution in [1.82, 2.24) is 0 Å². The Morgan fingerprint density at radius 3 is 2.15 bits per heavy atom. The average Bonchev–Trinajstić information content (AvgIpc) is 3.26. The predicted molar refractivity (Wildman–Crippen MR) is 139 cm³/mol. The molecule has 7 rings (SSSR count). The zero-order valence-electron chi connectivity index (χ0n) is 18.0. The second kappa shape index (κ2) is 7.14. The zero-order chi connectivity index (χ0) is 21.8. The van der Waals surface area contributed by atoms with Gasteiger partial charge in [0.05, 0.1) is 0 Å². The number of hydrogen-bond donors (Lipinski definition) is 0. The fraction of sp³-hybridized carbons (Fsp3) is 0. The Bertz CT molecular complexity index is 1640. The highest BCUT2D eigenvalue weighted by Gasteiger charge is 2.36. The van der Waals surface area contributed by atoms with E-state index in [1.165, 1.54) is 27.7 Å². The minimum absolute atomic E-state index is 0.0686. The number of hydrogen-bond acceptors (Lipinski definition) is 2. The van der Waals surface area contributed by atoms with Crippen LogP contribution in [0.15, 0.2) is 126 Å². The summed E-state index contributed by atoms with van der Waals surface area (Å²) in [6.07, 6.45) is 0. The van der Waals surface area contributed by atoms with Gasteiger partial charge in [0.25, 0.3) is 0 Å². The Morgan fingerprint density at radius 2 is 1.24 bits per heavy atom. The van der Waals surface area contributed by atoms with Gasteiger partial charge in [-0.15, -0.1) is 0 Å². The highest BCUT2D eigenvalue weighted by Crippen LogP contribution is 2.41. The molecule has 0 spiro atoms. The van der Waals surface area contributed by atoms with E-state index in [0.29, 0.717) is 0 Å². The number of anilines is 2. The molecule has 5 aromatic carbocycles. The van der Waals surface area contributed by atoms with Crippen molar-refractivity contribution in [2.24, 2.45) is 0 Å². The fourth-order valence-corrected chi connectivity index (χ4v) is 5.29. The maximum Gasteiger partial charge on any atom is 0.328 e. The van der Waals surface area contributed by atoms with E-state index in [1.807, 2.05) is 12.1 Å². The summed E-state index contributed by atoms with van der Waals surface area (Å²) in [5.41, 5.74) is 9.30. The summed E-state index contributed by atoms with van der Waals surface area (Å²) < 4.78 is 6.26. The van der Waals surface area contributed by atoms with Gasteiger partial charge in [-0.3, -0.25) is 0 Å². The predicted octanol–water partition coefficient (Wildman–Crippen LogP) is 6.51. The van der Waals surface area contributed by atoms with E-state index >= 15 is 0 Å². The van der Waals surface area contributed by atoms with E-state index < -0.39 is 0 Å². The van der Waals surface area contributed by atoms with E-state index in [-0.39, 0.29) is 6.85 Å². The summed E-state index contributed by atoms with van der Waals surface area (Å²) in [5, 5.41) is 2.30. The standard InChI is InChI=1S/C30H20BNO/c1-2-10-21(11-3-1)31-27-15-7-4-12-23(27)24-13-5-8-16-28(24)32(31)22-18-19-26-25-14-6-9-17-29(25)33-30(26)20-22/h1-20H. The van der Waals surface area contributed by atoms with Crippen LogP contribution in [0.4, 0.5) is 11.4 Å². The van der Waals surface area contributed by atoms with E-state index in [0.717, 1.165) is 27.6 Å². The first-order valence-corrected chi connectivity index (χ1v) is 11.3. The average molecular weight is 421 g/mol. The largest absolute Gasteiger partial charge is 0.456 e. The van der Waals surface area contributed by atoms with Gasteiger partial charge >= 0.3 is 6.85 Å². The van der Waals surface area contributed by atoms with Crippen molar-refractivity contribution in [2.75, 3.05) is 4.81 Å². The number of benzene rings is 5. The van der Waals surface area contributed by atoms with E-state index in [1.54, 1.807) is 0 Å². The molecule has 0 saturated heterocycles. The number of para-hydroxylation sites is 2. The van der Waals surface area contributed by atoms with Crippen molar-refractivity contribution < 1.29 is 4.42 Å². The normalized spacial score (nSPS) is 12.7. The minimum atomic E-state index is 0.0686. The molecule has 2 heterocycles. The van der Waals surface area contributed by atoms with E-state index in [9.17, 15) is 0 Å². The quantitative estimate of drug-likeness (QED) is 0.297. The minimum Gasteiger partial charge on any atom is -0.456 e. The van der Waals surface area contributed by atoms with Gasteiger partial charge in [0, 0.05) is 33.8 Å². The van der Waals surface area contributed by atoms with Crippen LogP contribution < -0.4 is 15.7 Å². The molecule has 33 heavy (non-hydrogen) atoms. The molecule has 0 unspecified atom stereocenters. The molecule has 1 aromatic heterocycles. The van der Waals surface area contributed by atoms with Gasteiger partial charge in [0.15, 0.2) is 0 Å². The van der Waals surface area contributed by atoms with Crippen LogP contribution in [0.5, 0.6) is 0 Å². The van der Waals surface area contributed by atoms with Crippen molar-refractivity contribution in [2.45, 2.75) is 0 Å². The van der Waals surface area contributed by atoms with Crippen LogP contribution in [-0.2, 0) is 0 Å². The first-order chi connectivity index (χ1) is 16.4. The van der Waals surface area contributed by atoms with Crippen LogP contribution in [-0.4, -0.2) is 6.85 Å². The van der Waals surface area contributed by atoms with Gasteiger partial charge in [0.1, 0.15) is 11.2 Å². The first-order valence-electron chi connectivity index (χ1n) is 11.3. The zero-order valence-corrected chi connectivity index (χ0v) is 18.0. The number of nitrogens with zero attached hydrogens (tertiary/aromatic N) is 1. The van der Waals surface area contributed by atoms with Crippen molar-refractivity contribution in [3.05, 3.63) is 121 Å². The summed E-state index contributed by atoms with van der Waals surface area (Å²) in [6.45, 7) is 0.0686. The third-order valence-corrected chi connectivity index (χ3v) is 6.72. The van der Waals surface area contributed by atoms with Crippen LogP contribution in [0.25, 0.3) is 33.1 Å². The Hall–Kier alpha value is -4.24. The smallest absolute Gasteiger partial charge is 0.328 e. The van der Waals surface area contributed by atoms with Gasteiger partial charge in [-0.25, -0.2) is 0 Å². The molecule has 0 atom stereocenters. The lowest BCUT2D eigenvalue weighted by molar-refractivity contribution is 0.669. The Labute approximate surface area is 192 Å². The summed E-state index contributed by atoms with van der Waals surface area (Å²) in [4.78, 5) is 2.46. The van der Waals surface area contributed by atoms with Gasteiger partial charge in [0.2, 0.25) is 0 Å². The second-order valence-corrected chi connectivity index (χ2v) is 8.57. The summed E-state index contributed by atoms with van der Waals surface area (Å²) >= 11 is 0. The molecule has 154 valence electrons. The summed E-state index contributed by atoms with van der Waals surface area (Å²) in [5.74, 6) is 0. The molecule has 1 aliphatic heterocycles. The molecule has 0 fully saturated rings. The van der Waals surface area contributed by atoms with Crippen LogP contribution in [0, 0.1) is 0 Å². The van der Waals surface area contributed by atoms with E-state index in [2.05, 4.69) is 114 Å². The van der Waals surface area contributed by atoms with E-state index in [4.69, 9.17) is 4.42 Å². The van der Waals surface area contributed by atoms with Crippen LogP contribution in [0.1, 0.15) is 0 Å². The molecule has 0 saturated carbocycles. The number of rotatable bonds is 2. The Morgan fingerprint density at radius 1 is 0.545 bits per heavy atom. The molecule has 2 nitrogen and oxygen atoms in total. The highest BCUT2D eigenvalue weighted by atomic mass is 16.3. The molecule has 0 aliphatic carbocycles. The monoisotopic (exact) mass is 421 g/mol. The highest BCUT2D eigenvalue weighted by molar-refractivity contribution is 6.90. The lowest BCUT2D eigenvalue weighted by Crippen LogP contribution is -2.57.